The highest BCUT2D eigenvalue weighted by Crippen LogP contribution is 2.24. The van der Waals surface area contributed by atoms with Gasteiger partial charge in [-0.15, -0.1) is 0 Å². The van der Waals surface area contributed by atoms with Gasteiger partial charge in [0.1, 0.15) is 54.4 Å². The number of carbonyl (C=O) groups is 15. The summed E-state index contributed by atoms with van der Waals surface area (Å²) >= 11 is 0. The van der Waals surface area contributed by atoms with Gasteiger partial charge in [0.25, 0.3) is 0 Å². The molecule has 0 radical (unpaired) electrons. The zero-order chi connectivity index (χ0) is 68.2. The highest BCUT2D eigenvalue weighted by molar-refractivity contribution is 6.01. The molecule has 0 aromatic heterocycles. The Morgan fingerprint density at radius 2 is 1.14 bits per heavy atom. The van der Waals surface area contributed by atoms with Crippen molar-refractivity contribution in [2.45, 2.75) is 218 Å². The van der Waals surface area contributed by atoms with Crippen LogP contribution in [0.25, 0.3) is 0 Å². The summed E-state index contributed by atoms with van der Waals surface area (Å²) in [5.41, 5.74) is 12.2. The van der Waals surface area contributed by atoms with Crippen molar-refractivity contribution >= 4 is 88.8 Å². The predicted octanol–water partition coefficient (Wildman–Crippen LogP) is -3.14. The van der Waals surface area contributed by atoms with Crippen molar-refractivity contribution in [2.24, 2.45) is 29.2 Å². The van der Waals surface area contributed by atoms with Crippen LogP contribution in [0.4, 0.5) is 0 Å². The molecule has 0 aromatic carbocycles. The van der Waals surface area contributed by atoms with Crippen LogP contribution in [0.15, 0.2) is 12.2 Å². The Balaban J connectivity index is 2.11. The average Bonchev–Trinajstić information content (AvgIpc) is 1.91. The molecule has 13 unspecified atom stereocenters. The molecule has 510 valence electrons. The molecule has 3 aliphatic rings. The third-order valence-electron chi connectivity index (χ3n) is 16.2. The second-order valence-electron chi connectivity index (χ2n) is 24.0. The number of allylic oxidation sites excluding steroid dienone is 1. The lowest BCUT2D eigenvalue weighted by Crippen LogP contribution is -2.66. The summed E-state index contributed by atoms with van der Waals surface area (Å²) < 4.78 is 0. The summed E-state index contributed by atoms with van der Waals surface area (Å²) in [7, 11) is 0. The van der Waals surface area contributed by atoms with Crippen LogP contribution in [0.3, 0.4) is 0 Å². The SMILES string of the molecule is CCC(C)CCCCCCC/C=C\CC(=O)NC(CN)C(=O)NC1C(=O)N2CCCCC2C(=O)NC(C(C)C(=O)O)C(=O)NC(CC(=O)O)C(=O)NCC(=O)NC(CC(=O)O)C(=O)NCC(=O)NC(C(C)N)C(=O)NC(C(C)C)C(=O)N2CCCC2C(=O)NC1C. The minimum absolute atomic E-state index is 0.00276. The summed E-state index contributed by atoms with van der Waals surface area (Å²) in [6, 6.07) is -17.6. The molecule has 3 rings (SSSR count). The molecule has 91 heavy (non-hydrogen) atoms. The van der Waals surface area contributed by atoms with Crippen molar-refractivity contribution < 1.29 is 87.2 Å². The van der Waals surface area contributed by atoms with Crippen molar-refractivity contribution in [1.82, 2.24) is 63.0 Å². The molecule has 32 heteroatoms. The van der Waals surface area contributed by atoms with Gasteiger partial charge in [0, 0.05) is 32.1 Å². The molecule has 0 aliphatic carbocycles. The number of unbranched alkanes of at least 4 members (excludes halogenated alkanes) is 5. The van der Waals surface area contributed by atoms with Gasteiger partial charge in [-0.1, -0.05) is 78.4 Å². The van der Waals surface area contributed by atoms with E-state index in [0.717, 1.165) is 50.3 Å². The topological polar surface area (TPSA) is 496 Å². The number of hydrogen-bond acceptors (Lipinski definition) is 17. The molecule has 0 spiro atoms. The molecule has 12 amide bonds. The van der Waals surface area contributed by atoms with Crippen LogP contribution < -0.4 is 64.6 Å². The average molecular weight is 1290 g/mol. The number of amides is 12. The Bertz CT molecular complexity index is 2640. The van der Waals surface area contributed by atoms with Gasteiger partial charge in [-0.25, -0.2) is 0 Å². The van der Waals surface area contributed by atoms with Crippen LogP contribution in [0.2, 0.25) is 0 Å². The summed E-state index contributed by atoms with van der Waals surface area (Å²) in [6.07, 6.45) is 10.4. The number of hydrogen-bond donors (Lipinski definition) is 15. The van der Waals surface area contributed by atoms with Crippen LogP contribution in [0, 0.1) is 17.8 Å². The zero-order valence-electron chi connectivity index (χ0n) is 53.1. The van der Waals surface area contributed by atoms with E-state index in [1.807, 2.05) is 11.4 Å². The van der Waals surface area contributed by atoms with Gasteiger partial charge >= 0.3 is 17.9 Å². The summed E-state index contributed by atoms with van der Waals surface area (Å²) in [6.45, 7) is 8.64. The predicted molar refractivity (Wildman–Crippen MR) is 326 cm³/mol. The summed E-state index contributed by atoms with van der Waals surface area (Å²) in [5, 5.41) is 52.9. The van der Waals surface area contributed by atoms with E-state index in [-0.39, 0.29) is 51.6 Å². The van der Waals surface area contributed by atoms with Crippen molar-refractivity contribution in [3.63, 3.8) is 0 Å². The number of carboxylic acid groups (broad SMARTS) is 3. The largest absolute Gasteiger partial charge is 0.481 e. The fraction of sp³-hybridized carbons (Fsp3) is 0.712. The van der Waals surface area contributed by atoms with Crippen LogP contribution in [0.1, 0.15) is 151 Å². The number of nitrogens with one attached hydrogen (secondary N) is 10. The van der Waals surface area contributed by atoms with Crippen LogP contribution in [0.5, 0.6) is 0 Å². The number of carboxylic acids is 3. The Hall–Kier alpha value is -8.29. The Kier molecular flexibility index (Phi) is 32.5. The number of aliphatic carboxylic acids is 3. The van der Waals surface area contributed by atoms with Gasteiger partial charge in [-0.3, -0.25) is 71.9 Å². The molecule has 32 nitrogen and oxygen atoms in total. The lowest BCUT2D eigenvalue weighted by atomic mass is 9.96. The second-order valence-corrected chi connectivity index (χ2v) is 24.0. The number of rotatable bonds is 23. The number of carbonyl (C=O) groups excluding carboxylic acids is 12. The molecular weight excluding hydrogens is 1190 g/mol. The number of nitrogens with two attached hydrogens (primary N) is 2. The van der Waals surface area contributed by atoms with Gasteiger partial charge in [0.2, 0.25) is 70.9 Å². The molecule has 0 aromatic rings. The van der Waals surface area contributed by atoms with Crippen molar-refractivity contribution in [2.75, 3.05) is 32.7 Å². The van der Waals surface area contributed by atoms with Gasteiger partial charge in [-0.05, 0) is 77.6 Å². The van der Waals surface area contributed by atoms with E-state index in [9.17, 15) is 82.4 Å². The molecule has 3 aliphatic heterocycles. The summed E-state index contributed by atoms with van der Waals surface area (Å²) in [5.74, 6) is -19.3. The molecular formula is C59H96N14O18. The number of piperidine rings is 1. The van der Waals surface area contributed by atoms with E-state index in [0.29, 0.717) is 5.92 Å². The first-order valence-corrected chi connectivity index (χ1v) is 31.3. The van der Waals surface area contributed by atoms with E-state index in [1.165, 1.54) is 31.6 Å². The Morgan fingerprint density at radius 3 is 1.71 bits per heavy atom. The van der Waals surface area contributed by atoms with E-state index in [1.54, 1.807) is 19.9 Å². The van der Waals surface area contributed by atoms with Crippen molar-refractivity contribution in [3.8, 4) is 0 Å². The van der Waals surface area contributed by atoms with Crippen LogP contribution in [-0.2, 0) is 71.9 Å². The molecule has 13 atom stereocenters. The highest BCUT2D eigenvalue weighted by atomic mass is 16.4. The van der Waals surface area contributed by atoms with E-state index < -0.39 is 200 Å². The minimum Gasteiger partial charge on any atom is -0.481 e. The number of fused-ring (bicyclic) bond motifs is 2. The lowest BCUT2D eigenvalue weighted by Gasteiger charge is -2.39. The maximum atomic E-state index is 15.2. The maximum Gasteiger partial charge on any atom is 0.308 e. The van der Waals surface area contributed by atoms with E-state index in [4.69, 9.17) is 11.5 Å². The second kappa shape index (κ2) is 38.4. The first kappa shape index (κ1) is 77.0. The van der Waals surface area contributed by atoms with Gasteiger partial charge in [-0.2, -0.15) is 0 Å². The smallest absolute Gasteiger partial charge is 0.308 e. The molecule has 0 saturated carbocycles. The molecule has 3 fully saturated rings. The highest BCUT2D eigenvalue weighted by Gasteiger charge is 2.45. The lowest BCUT2D eigenvalue weighted by molar-refractivity contribution is -0.149. The fourth-order valence-corrected chi connectivity index (χ4v) is 10.6. The third-order valence-corrected chi connectivity index (χ3v) is 16.2. The Morgan fingerprint density at radius 1 is 0.615 bits per heavy atom. The van der Waals surface area contributed by atoms with Crippen molar-refractivity contribution in [1.29, 1.82) is 0 Å². The standard InChI is InChI=1S/C59H96N14O18/c1-8-32(4)20-15-13-11-9-10-12-14-16-23-41(74)66-38(28-60)52(83)71-49-35(7)64-53(84)40-22-19-25-73(40)57(88)46(31(2)3)69-56(87)48(34(6)61)68-43(76)30-63-50(81)36(26-44(77)78)65-42(75)29-62-51(82)37(27-45(79)80)67-55(86)47(33(5)59(90)91)70-54(85)39-21-17-18-24-72(39)58(49)89/h14,16,31-40,46-49H,8-13,15,17-30,60-61H2,1-7H3,(H,62,82)(H,63,81)(H,64,84)(H,65,75)(H,66,74)(H,67,86)(H,68,76)(H,69,87)(H,70,85)(H,71,83)(H,77,78)(H,79,80)(H,90,91)/b16-14-. The van der Waals surface area contributed by atoms with E-state index >= 15 is 4.79 Å². The fourth-order valence-electron chi connectivity index (χ4n) is 10.6. The number of nitrogens with zero attached hydrogens (tertiary/aromatic N) is 2. The normalized spacial score (nSPS) is 25.7. The van der Waals surface area contributed by atoms with Gasteiger partial charge in [0.15, 0.2) is 0 Å². The van der Waals surface area contributed by atoms with Crippen LogP contribution >= 0.6 is 0 Å². The molecule has 3 saturated heterocycles. The first-order valence-electron chi connectivity index (χ1n) is 31.3. The van der Waals surface area contributed by atoms with E-state index in [2.05, 4.69) is 61.7 Å². The quantitative estimate of drug-likeness (QED) is 0.0355. The summed E-state index contributed by atoms with van der Waals surface area (Å²) in [4.78, 5) is 206. The molecule has 0 bridgehead atoms. The zero-order valence-corrected chi connectivity index (χ0v) is 53.1. The first-order chi connectivity index (χ1) is 42.9. The molecule has 17 N–H and O–H groups in total. The minimum atomic E-state index is -2.10. The maximum absolute atomic E-state index is 15.2. The monoisotopic (exact) mass is 1290 g/mol. The van der Waals surface area contributed by atoms with Crippen molar-refractivity contribution in [3.05, 3.63) is 12.2 Å². The molecule has 3 heterocycles. The van der Waals surface area contributed by atoms with Crippen LogP contribution in [-0.4, -0.2) is 213 Å². The van der Waals surface area contributed by atoms with Gasteiger partial charge in [0.05, 0.1) is 37.9 Å². The van der Waals surface area contributed by atoms with Gasteiger partial charge < -0.3 is 89.8 Å². The Labute approximate surface area is 529 Å². The third kappa shape index (κ3) is 25.1.